The van der Waals surface area contributed by atoms with Gasteiger partial charge >= 0.3 is 5.97 Å². The third-order valence-electron chi connectivity index (χ3n) is 6.55. The van der Waals surface area contributed by atoms with Crippen LogP contribution < -0.4 is 0 Å². The third-order valence-corrected chi connectivity index (χ3v) is 7.41. The van der Waals surface area contributed by atoms with Gasteiger partial charge in [-0.2, -0.15) is 0 Å². The molecular formula is C20H38O3Si. The van der Waals surface area contributed by atoms with Crippen molar-refractivity contribution in [3.8, 4) is 0 Å². The number of rotatable bonds is 4. The molecule has 0 radical (unpaired) electrons. The summed E-state index contributed by atoms with van der Waals surface area (Å²) in [5, 5.41) is 0. The molecule has 0 aromatic heterocycles. The van der Waals surface area contributed by atoms with Gasteiger partial charge in [-0.15, -0.1) is 0 Å². The van der Waals surface area contributed by atoms with Crippen molar-refractivity contribution in [2.24, 2.45) is 22.7 Å². The Morgan fingerprint density at radius 1 is 1.12 bits per heavy atom. The van der Waals surface area contributed by atoms with Crippen LogP contribution in [-0.4, -0.2) is 27.7 Å². The fourth-order valence-corrected chi connectivity index (χ4v) is 5.57. The molecule has 2 aliphatic carbocycles. The zero-order chi connectivity index (χ0) is 18.0. The van der Waals surface area contributed by atoms with E-state index in [0.717, 1.165) is 25.4 Å². The second-order valence-corrected chi connectivity index (χ2v) is 12.0. The zero-order valence-corrected chi connectivity index (χ0v) is 17.8. The maximum Gasteiger partial charge on any atom is 0.302 e. The summed E-state index contributed by atoms with van der Waals surface area (Å²) < 4.78 is 11.7. The highest BCUT2D eigenvalue weighted by atomic mass is 28.3. The van der Waals surface area contributed by atoms with Gasteiger partial charge in [-0.3, -0.25) is 4.79 Å². The molecule has 2 saturated carbocycles. The van der Waals surface area contributed by atoms with Crippen LogP contribution in [0, 0.1) is 22.7 Å². The average Bonchev–Trinajstić information content (AvgIpc) is 2.47. The van der Waals surface area contributed by atoms with E-state index in [1.807, 2.05) is 0 Å². The largest absolute Gasteiger partial charge is 0.463 e. The van der Waals surface area contributed by atoms with Crippen LogP contribution in [-0.2, 0) is 14.0 Å². The normalized spacial score (nSPS) is 34.5. The maximum absolute atomic E-state index is 11.4. The highest BCUT2D eigenvalue weighted by molar-refractivity contribution is 6.48. The minimum absolute atomic E-state index is 0.107. The summed E-state index contributed by atoms with van der Waals surface area (Å²) in [6.45, 7) is 14.1. The molecule has 2 unspecified atom stereocenters. The molecule has 24 heavy (non-hydrogen) atoms. The van der Waals surface area contributed by atoms with Gasteiger partial charge in [0.2, 0.25) is 0 Å². The summed E-state index contributed by atoms with van der Waals surface area (Å²) in [5.41, 5.74) is 0.856. The first-order chi connectivity index (χ1) is 11.1. The van der Waals surface area contributed by atoms with Crippen LogP contribution >= 0.6 is 0 Å². The van der Waals surface area contributed by atoms with Gasteiger partial charge in [-0.25, -0.2) is 0 Å². The van der Waals surface area contributed by atoms with Crippen molar-refractivity contribution in [2.75, 3.05) is 6.61 Å². The van der Waals surface area contributed by atoms with Gasteiger partial charge in [-0.05, 0) is 80.7 Å². The number of hydrogen-bond donors (Lipinski definition) is 0. The summed E-state index contributed by atoms with van der Waals surface area (Å²) in [7, 11) is -1.01. The second-order valence-electron chi connectivity index (χ2n) is 9.59. The summed E-state index contributed by atoms with van der Waals surface area (Å²) in [6, 6.07) is 0. The van der Waals surface area contributed by atoms with Gasteiger partial charge in [0, 0.05) is 13.5 Å². The Bertz CT molecular complexity index is 419. The smallest absolute Gasteiger partial charge is 0.302 e. The zero-order valence-electron chi connectivity index (χ0n) is 16.7. The van der Waals surface area contributed by atoms with Gasteiger partial charge in [0.05, 0.1) is 0 Å². The molecule has 0 aliphatic heterocycles. The molecule has 0 aromatic rings. The molecule has 4 heteroatoms. The van der Waals surface area contributed by atoms with E-state index in [9.17, 15) is 4.79 Å². The summed E-state index contributed by atoms with van der Waals surface area (Å²) in [5.74, 6) is 1.27. The Balaban J connectivity index is 2.05. The number of carbonyl (C=O) groups excluding carboxylic acids is 1. The van der Waals surface area contributed by atoms with Crippen molar-refractivity contribution in [3.63, 3.8) is 0 Å². The van der Waals surface area contributed by atoms with E-state index in [1.165, 1.54) is 39.0 Å². The van der Waals surface area contributed by atoms with Gasteiger partial charge in [0.25, 0.3) is 0 Å². The number of ether oxygens (including phenoxy) is 1. The second kappa shape index (κ2) is 7.90. The molecule has 2 aliphatic rings. The van der Waals surface area contributed by atoms with E-state index < -0.39 is 9.04 Å². The Labute approximate surface area is 150 Å². The van der Waals surface area contributed by atoms with Gasteiger partial charge in [0.15, 0.2) is 9.04 Å². The van der Waals surface area contributed by atoms with Gasteiger partial charge < -0.3 is 9.16 Å². The molecule has 0 saturated heterocycles. The molecule has 0 heterocycles. The molecule has 0 bridgehead atoms. The minimum Gasteiger partial charge on any atom is -0.463 e. The molecule has 3 nitrogen and oxygen atoms in total. The number of esters is 1. The first-order valence-corrected chi connectivity index (χ1v) is 12.7. The molecule has 2 atom stereocenters. The van der Waals surface area contributed by atoms with Crippen LogP contribution in [0.2, 0.25) is 13.1 Å². The number of hydrogen-bond acceptors (Lipinski definition) is 3. The quantitative estimate of drug-likeness (QED) is 0.530. The van der Waals surface area contributed by atoms with E-state index in [2.05, 4.69) is 33.9 Å². The maximum atomic E-state index is 11.4. The Hall–Kier alpha value is -0.353. The Morgan fingerprint density at radius 2 is 1.71 bits per heavy atom. The molecule has 2 fully saturated rings. The van der Waals surface area contributed by atoms with Gasteiger partial charge in [0.1, 0.15) is 6.10 Å². The van der Waals surface area contributed by atoms with Crippen LogP contribution in [0.5, 0.6) is 0 Å². The fourth-order valence-electron chi connectivity index (χ4n) is 4.95. The Kier molecular flexibility index (Phi) is 6.57. The summed E-state index contributed by atoms with van der Waals surface area (Å²) in [6.07, 6.45) is 8.70. The van der Waals surface area contributed by atoms with Crippen LogP contribution in [0.3, 0.4) is 0 Å². The van der Waals surface area contributed by atoms with Crippen LogP contribution in [0.1, 0.15) is 72.6 Å². The molecule has 0 N–H and O–H groups in total. The molecule has 2 rings (SSSR count). The van der Waals surface area contributed by atoms with Crippen molar-refractivity contribution in [1.82, 2.24) is 0 Å². The predicted molar refractivity (Wildman–Crippen MR) is 102 cm³/mol. The van der Waals surface area contributed by atoms with Gasteiger partial charge in [-0.1, -0.05) is 20.8 Å². The summed E-state index contributed by atoms with van der Waals surface area (Å²) >= 11 is 0. The van der Waals surface area contributed by atoms with E-state index in [1.54, 1.807) is 0 Å². The highest BCUT2D eigenvalue weighted by Crippen LogP contribution is 2.55. The molecule has 140 valence electrons. The Morgan fingerprint density at radius 3 is 2.21 bits per heavy atom. The van der Waals surface area contributed by atoms with E-state index in [-0.39, 0.29) is 12.1 Å². The first kappa shape index (κ1) is 20.0. The SMILES string of the molecule is CC(=O)OC1CCC2(CCC(C(C)(C)C)CC2)C(CO[SiH](C)C)C1. The topological polar surface area (TPSA) is 35.5 Å². The standard InChI is InChI=1S/C20H38O3Si/c1-15(21)23-18-9-12-20(17(13-18)14-22-24(5)6)10-7-16(8-11-20)19(2,3)4/h16-18,24H,7-14H2,1-6H3. The van der Waals surface area contributed by atoms with Crippen LogP contribution in [0.25, 0.3) is 0 Å². The van der Waals surface area contributed by atoms with E-state index in [0.29, 0.717) is 16.7 Å². The molecule has 0 amide bonds. The lowest BCUT2D eigenvalue weighted by Crippen LogP contribution is -2.45. The lowest BCUT2D eigenvalue weighted by atomic mass is 9.55. The van der Waals surface area contributed by atoms with Crippen molar-refractivity contribution < 1.29 is 14.0 Å². The lowest BCUT2D eigenvalue weighted by Gasteiger charge is -2.51. The van der Waals surface area contributed by atoms with Crippen molar-refractivity contribution >= 4 is 15.0 Å². The molecule has 0 aromatic carbocycles. The van der Waals surface area contributed by atoms with Crippen molar-refractivity contribution in [2.45, 2.75) is 91.8 Å². The monoisotopic (exact) mass is 354 g/mol. The van der Waals surface area contributed by atoms with Crippen LogP contribution in [0.15, 0.2) is 0 Å². The predicted octanol–water partition coefficient (Wildman–Crippen LogP) is 4.94. The summed E-state index contributed by atoms with van der Waals surface area (Å²) in [4.78, 5) is 11.4. The van der Waals surface area contributed by atoms with Crippen LogP contribution in [0.4, 0.5) is 0 Å². The van der Waals surface area contributed by atoms with Crippen molar-refractivity contribution in [3.05, 3.63) is 0 Å². The van der Waals surface area contributed by atoms with E-state index >= 15 is 0 Å². The third kappa shape index (κ3) is 5.07. The van der Waals surface area contributed by atoms with Crippen molar-refractivity contribution in [1.29, 1.82) is 0 Å². The first-order valence-electron chi connectivity index (χ1n) is 9.91. The van der Waals surface area contributed by atoms with E-state index in [4.69, 9.17) is 9.16 Å². The fraction of sp³-hybridized carbons (Fsp3) is 0.950. The lowest BCUT2D eigenvalue weighted by molar-refractivity contribution is -0.153. The average molecular weight is 355 g/mol. The minimum atomic E-state index is -1.01. The molecule has 1 spiro atoms. The number of carbonyl (C=O) groups is 1. The molecular weight excluding hydrogens is 316 g/mol. The highest BCUT2D eigenvalue weighted by Gasteiger charge is 2.47.